The van der Waals surface area contributed by atoms with Gasteiger partial charge in [0.15, 0.2) is 16.7 Å². The van der Waals surface area contributed by atoms with Crippen LogP contribution in [0, 0.1) is 12.7 Å². The molecule has 9 heteroatoms. The number of nitrogens with zero attached hydrogens (tertiary/aromatic N) is 2. The molecule has 0 atom stereocenters. The molecule has 5 rings (SSSR count). The number of aryl methyl sites for hydroxylation is 1. The summed E-state index contributed by atoms with van der Waals surface area (Å²) in [4.78, 5) is 30.5. The van der Waals surface area contributed by atoms with Crippen molar-refractivity contribution in [1.29, 1.82) is 0 Å². The molecule has 172 valence electrons. The van der Waals surface area contributed by atoms with Gasteiger partial charge in [-0.05, 0) is 54.4 Å². The Balaban J connectivity index is 1.41. The molecule has 1 aromatic heterocycles. The Hall–Kier alpha value is -3.85. The molecule has 0 unspecified atom stereocenters. The molecule has 1 aliphatic heterocycles. The monoisotopic (exact) mass is 477 g/mol. The Morgan fingerprint density at radius 2 is 1.94 bits per heavy atom. The maximum Gasteiger partial charge on any atom is 0.262 e. The number of rotatable bonds is 6. The summed E-state index contributed by atoms with van der Waals surface area (Å²) < 4.78 is 26.1. The van der Waals surface area contributed by atoms with E-state index in [1.807, 2.05) is 18.2 Å². The van der Waals surface area contributed by atoms with Crippen molar-refractivity contribution in [2.45, 2.75) is 18.6 Å². The van der Waals surface area contributed by atoms with Crippen LogP contribution in [0.3, 0.4) is 0 Å². The quantitative estimate of drug-likeness (QED) is 0.328. The van der Waals surface area contributed by atoms with E-state index < -0.39 is 0 Å². The van der Waals surface area contributed by atoms with Gasteiger partial charge >= 0.3 is 0 Å². The number of thioether (sulfide) groups is 1. The number of carbonyl (C=O) groups is 1. The van der Waals surface area contributed by atoms with Gasteiger partial charge in [0.25, 0.3) is 5.56 Å². The second-order valence-corrected chi connectivity index (χ2v) is 8.73. The molecule has 0 saturated carbocycles. The average Bonchev–Trinajstić information content (AvgIpc) is 3.30. The van der Waals surface area contributed by atoms with Gasteiger partial charge in [0.2, 0.25) is 12.7 Å². The van der Waals surface area contributed by atoms with E-state index in [-0.39, 0.29) is 36.4 Å². The summed E-state index contributed by atoms with van der Waals surface area (Å²) in [5.74, 6) is 0.566. The summed E-state index contributed by atoms with van der Waals surface area (Å²) >= 11 is 1.15. The minimum Gasteiger partial charge on any atom is -0.454 e. The highest BCUT2D eigenvalue weighted by molar-refractivity contribution is 7.99. The number of aromatic nitrogens is 2. The second-order valence-electron chi connectivity index (χ2n) is 7.79. The van der Waals surface area contributed by atoms with Crippen molar-refractivity contribution < 1.29 is 18.7 Å². The Morgan fingerprint density at radius 3 is 2.79 bits per heavy atom. The lowest BCUT2D eigenvalue weighted by molar-refractivity contribution is -0.113. The summed E-state index contributed by atoms with van der Waals surface area (Å²) in [5, 5.41) is 3.59. The van der Waals surface area contributed by atoms with Crippen LogP contribution in [-0.4, -0.2) is 28.0 Å². The minimum atomic E-state index is -0.390. The van der Waals surface area contributed by atoms with Crippen LogP contribution in [0.25, 0.3) is 10.9 Å². The molecule has 0 spiro atoms. The van der Waals surface area contributed by atoms with Crippen molar-refractivity contribution in [3.05, 3.63) is 88.0 Å². The summed E-state index contributed by atoms with van der Waals surface area (Å²) in [6.07, 6.45) is 0. The molecule has 1 N–H and O–H groups in total. The Bertz CT molecular complexity index is 1470. The van der Waals surface area contributed by atoms with E-state index in [9.17, 15) is 14.0 Å². The first-order valence-electron chi connectivity index (χ1n) is 10.5. The van der Waals surface area contributed by atoms with Crippen molar-refractivity contribution in [2.24, 2.45) is 0 Å². The first-order chi connectivity index (χ1) is 16.5. The molecule has 1 aliphatic rings. The molecule has 4 aromatic rings. The predicted octanol–water partition coefficient (Wildman–Crippen LogP) is 4.35. The summed E-state index contributed by atoms with van der Waals surface area (Å²) in [7, 11) is 0. The summed E-state index contributed by atoms with van der Waals surface area (Å²) in [5.41, 5.74) is 2.06. The topological polar surface area (TPSA) is 82.5 Å². The normalized spacial score (nSPS) is 12.2. The number of hydrogen-bond donors (Lipinski definition) is 1. The standard InChI is InChI=1S/C25H20FN3O4S/c1-15-6-8-17(11-19(15)26)27-23(30)13-34-25-28-20-5-3-2-4-18(20)24(31)29(25)12-16-7-9-21-22(10-16)33-14-32-21/h2-11H,12-14H2,1H3,(H,27,30). The lowest BCUT2D eigenvalue weighted by Gasteiger charge is -2.14. The minimum absolute atomic E-state index is 0.00140. The van der Waals surface area contributed by atoms with Gasteiger partial charge in [-0.15, -0.1) is 0 Å². The Kier molecular flexibility index (Phi) is 5.93. The lowest BCUT2D eigenvalue weighted by atomic mass is 10.2. The average molecular weight is 478 g/mol. The number of carbonyl (C=O) groups excluding carboxylic acids is 1. The number of halogens is 1. The molecule has 2 heterocycles. The zero-order valence-corrected chi connectivity index (χ0v) is 19.0. The summed E-state index contributed by atoms with van der Waals surface area (Å²) in [6, 6.07) is 17.1. The second kappa shape index (κ2) is 9.18. The predicted molar refractivity (Wildman–Crippen MR) is 128 cm³/mol. The molecule has 0 radical (unpaired) electrons. The van der Waals surface area contributed by atoms with Gasteiger partial charge in [-0.3, -0.25) is 14.2 Å². The third kappa shape index (κ3) is 4.47. The molecule has 1 amide bonds. The number of nitrogens with one attached hydrogen (secondary N) is 1. The summed E-state index contributed by atoms with van der Waals surface area (Å²) in [6.45, 7) is 2.07. The lowest BCUT2D eigenvalue weighted by Crippen LogP contribution is -2.25. The SMILES string of the molecule is Cc1ccc(NC(=O)CSc2nc3ccccc3c(=O)n2Cc2ccc3c(c2)OCO3)cc1F. The maximum atomic E-state index is 13.8. The number of hydrogen-bond acceptors (Lipinski definition) is 6. The molecular weight excluding hydrogens is 457 g/mol. The van der Waals surface area contributed by atoms with E-state index in [4.69, 9.17) is 9.47 Å². The van der Waals surface area contributed by atoms with E-state index in [0.717, 1.165) is 17.3 Å². The maximum absolute atomic E-state index is 13.8. The van der Waals surface area contributed by atoms with Crippen LogP contribution in [0.1, 0.15) is 11.1 Å². The van der Waals surface area contributed by atoms with Crippen LogP contribution in [0.5, 0.6) is 11.5 Å². The van der Waals surface area contributed by atoms with E-state index in [1.165, 1.54) is 6.07 Å². The number of ether oxygens (including phenoxy) is 2. The molecule has 0 bridgehead atoms. The van der Waals surface area contributed by atoms with Crippen molar-refractivity contribution in [3.63, 3.8) is 0 Å². The number of anilines is 1. The molecule has 0 fully saturated rings. The highest BCUT2D eigenvalue weighted by Gasteiger charge is 2.17. The van der Waals surface area contributed by atoms with Gasteiger partial charge in [-0.25, -0.2) is 9.37 Å². The molecule has 0 aliphatic carbocycles. The van der Waals surface area contributed by atoms with Crippen LogP contribution in [0.15, 0.2) is 70.6 Å². The smallest absolute Gasteiger partial charge is 0.262 e. The molecule has 0 saturated heterocycles. The third-order valence-corrected chi connectivity index (χ3v) is 6.37. The van der Waals surface area contributed by atoms with Gasteiger partial charge < -0.3 is 14.8 Å². The van der Waals surface area contributed by atoms with E-state index in [0.29, 0.717) is 38.8 Å². The number of fused-ring (bicyclic) bond motifs is 2. The van der Waals surface area contributed by atoms with Crippen LogP contribution in [-0.2, 0) is 11.3 Å². The van der Waals surface area contributed by atoms with Gasteiger partial charge in [0.1, 0.15) is 5.82 Å². The van der Waals surface area contributed by atoms with Crippen molar-refractivity contribution in [1.82, 2.24) is 9.55 Å². The first-order valence-corrected chi connectivity index (χ1v) is 11.5. The van der Waals surface area contributed by atoms with Crippen LogP contribution < -0.4 is 20.3 Å². The molecule has 7 nitrogen and oxygen atoms in total. The van der Waals surface area contributed by atoms with Gasteiger partial charge in [-0.2, -0.15) is 0 Å². The number of para-hydroxylation sites is 1. The Morgan fingerprint density at radius 1 is 1.12 bits per heavy atom. The first kappa shape index (κ1) is 22.0. The number of amides is 1. The fourth-order valence-corrected chi connectivity index (χ4v) is 4.42. The molecular formula is C25H20FN3O4S. The zero-order valence-electron chi connectivity index (χ0n) is 18.2. The van der Waals surface area contributed by atoms with E-state index >= 15 is 0 Å². The largest absolute Gasteiger partial charge is 0.454 e. The van der Waals surface area contributed by atoms with Gasteiger partial charge in [0.05, 0.1) is 23.2 Å². The van der Waals surface area contributed by atoms with Crippen LogP contribution in [0.4, 0.5) is 10.1 Å². The van der Waals surface area contributed by atoms with Gasteiger partial charge in [0, 0.05) is 5.69 Å². The van der Waals surface area contributed by atoms with Crippen molar-refractivity contribution in [3.8, 4) is 11.5 Å². The molecule has 34 heavy (non-hydrogen) atoms. The van der Waals surface area contributed by atoms with Crippen molar-refractivity contribution in [2.75, 3.05) is 17.9 Å². The zero-order chi connectivity index (χ0) is 23.7. The number of benzene rings is 3. The van der Waals surface area contributed by atoms with E-state index in [1.54, 1.807) is 47.9 Å². The highest BCUT2D eigenvalue weighted by Crippen LogP contribution is 2.33. The fourth-order valence-electron chi connectivity index (χ4n) is 3.62. The van der Waals surface area contributed by atoms with Gasteiger partial charge in [-0.1, -0.05) is 36.0 Å². The highest BCUT2D eigenvalue weighted by atomic mass is 32.2. The van der Waals surface area contributed by atoms with Crippen LogP contribution >= 0.6 is 11.8 Å². The fraction of sp³-hybridized carbons (Fsp3) is 0.160. The molecule has 3 aromatic carbocycles. The van der Waals surface area contributed by atoms with Crippen LogP contribution in [0.2, 0.25) is 0 Å². The third-order valence-electron chi connectivity index (χ3n) is 5.39. The van der Waals surface area contributed by atoms with E-state index in [2.05, 4.69) is 10.3 Å². The Labute approximate surface area is 198 Å². The van der Waals surface area contributed by atoms with Crippen molar-refractivity contribution >= 4 is 34.3 Å².